The summed E-state index contributed by atoms with van der Waals surface area (Å²) in [6, 6.07) is 8.40. The van der Waals surface area contributed by atoms with Crippen LogP contribution >= 0.6 is 9.24 Å². The van der Waals surface area contributed by atoms with Gasteiger partial charge in [0.25, 0.3) is 5.91 Å². The quantitative estimate of drug-likeness (QED) is 0.325. The van der Waals surface area contributed by atoms with Crippen LogP contribution < -0.4 is 16.4 Å². The van der Waals surface area contributed by atoms with Crippen molar-refractivity contribution in [2.24, 2.45) is 11.7 Å². The highest BCUT2D eigenvalue weighted by Gasteiger charge is 2.37. The zero-order valence-corrected chi connectivity index (χ0v) is 23.3. The molecule has 8 nitrogen and oxygen atoms in total. The largest absolute Gasteiger partial charge is 0.326 e. The van der Waals surface area contributed by atoms with Crippen LogP contribution in [0.5, 0.6) is 0 Å². The molecule has 5 rings (SSSR count). The Kier molecular flexibility index (Phi) is 7.83. The van der Waals surface area contributed by atoms with Gasteiger partial charge >= 0.3 is 0 Å². The first kappa shape index (κ1) is 27.7. The summed E-state index contributed by atoms with van der Waals surface area (Å²) >= 11 is 0. The van der Waals surface area contributed by atoms with Gasteiger partial charge in [0.15, 0.2) is 0 Å². The van der Waals surface area contributed by atoms with Crippen molar-refractivity contribution < 1.29 is 13.6 Å². The van der Waals surface area contributed by atoms with Crippen molar-refractivity contribution in [1.82, 2.24) is 25.0 Å². The number of allylic oxidation sites excluding steroid dienone is 1. The van der Waals surface area contributed by atoms with Gasteiger partial charge in [-0.15, -0.1) is 14.3 Å². The number of benzene rings is 1. The van der Waals surface area contributed by atoms with Crippen LogP contribution in [0.4, 0.5) is 14.5 Å². The summed E-state index contributed by atoms with van der Waals surface area (Å²) < 4.78 is 31.0. The lowest BCUT2D eigenvalue weighted by atomic mass is 9.73. The second-order valence-electron chi connectivity index (χ2n) is 10.3. The van der Waals surface area contributed by atoms with Crippen LogP contribution in [0.2, 0.25) is 0 Å². The molecule has 40 heavy (non-hydrogen) atoms. The van der Waals surface area contributed by atoms with Crippen molar-refractivity contribution >= 4 is 31.7 Å². The van der Waals surface area contributed by atoms with E-state index in [0.29, 0.717) is 17.4 Å². The van der Waals surface area contributed by atoms with Crippen molar-refractivity contribution in [3.63, 3.8) is 0 Å². The number of nitrogens with one attached hydrogen (secondary N) is 1. The summed E-state index contributed by atoms with van der Waals surface area (Å²) in [5, 5.41) is 11.8. The molecule has 11 heteroatoms. The lowest BCUT2D eigenvalue weighted by Gasteiger charge is -2.39. The number of pyridine rings is 2. The minimum Gasteiger partial charge on any atom is -0.326 e. The van der Waals surface area contributed by atoms with Gasteiger partial charge in [-0.3, -0.25) is 9.78 Å². The zero-order chi connectivity index (χ0) is 28.6. The highest BCUT2D eigenvalue weighted by molar-refractivity contribution is 7.28. The SMILES string of the molecule is C=C(C)c1cn([C@@H]2[C@H](N)C[C@H](c3ccncc3NC(=O)c3ccc(F)c(-c4c(F)cccc4P)n3)C[C@@H]2C)nn1. The van der Waals surface area contributed by atoms with E-state index >= 15 is 0 Å². The van der Waals surface area contributed by atoms with E-state index in [9.17, 15) is 13.6 Å². The third-order valence-corrected chi connectivity index (χ3v) is 7.87. The predicted molar refractivity (Wildman–Crippen MR) is 154 cm³/mol. The molecule has 0 aliphatic heterocycles. The zero-order valence-electron chi connectivity index (χ0n) is 22.2. The van der Waals surface area contributed by atoms with Gasteiger partial charge in [0.2, 0.25) is 0 Å². The molecular weight excluding hydrogens is 531 g/mol. The number of carbonyl (C=O) groups excluding carboxylic acids is 1. The van der Waals surface area contributed by atoms with Crippen LogP contribution in [-0.2, 0) is 0 Å². The number of amides is 1. The maximum atomic E-state index is 14.7. The lowest BCUT2D eigenvalue weighted by Crippen LogP contribution is -2.42. The van der Waals surface area contributed by atoms with E-state index in [4.69, 9.17) is 5.73 Å². The number of halogens is 2. The fraction of sp³-hybridized carbons (Fsp3) is 0.276. The number of carbonyl (C=O) groups is 1. The molecule has 0 bridgehead atoms. The van der Waals surface area contributed by atoms with Crippen LogP contribution in [0.1, 0.15) is 60.4 Å². The van der Waals surface area contributed by atoms with Crippen molar-refractivity contribution in [1.29, 1.82) is 0 Å². The van der Waals surface area contributed by atoms with Gasteiger partial charge in [-0.25, -0.2) is 18.4 Å². The molecule has 5 atom stereocenters. The highest BCUT2D eigenvalue weighted by atomic mass is 31.0. The molecule has 1 saturated carbocycles. The fourth-order valence-corrected chi connectivity index (χ4v) is 5.88. The van der Waals surface area contributed by atoms with Crippen LogP contribution in [0, 0.1) is 17.6 Å². The van der Waals surface area contributed by atoms with Gasteiger partial charge < -0.3 is 11.1 Å². The number of nitrogens with two attached hydrogens (primary N) is 1. The molecule has 3 N–H and O–H groups in total. The van der Waals surface area contributed by atoms with Crippen LogP contribution in [0.25, 0.3) is 16.8 Å². The molecule has 1 amide bonds. The molecule has 1 aromatic carbocycles. The number of anilines is 1. The summed E-state index contributed by atoms with van der Waals surface area (Å²) in [6.45, 7) is 7.95. The molecule has 4 aromatic rings. The van der Waals surface area contributed by atoms with Gasteiger partial charge in [0, 0.05) is 17.8 Å². The Hall–Kier alpha value is -3.88. The van der Waals surface area contributed by atoms with Gasteiger partial charge in [0.05, 0.1) is 24.1 Å². The summed E-state index contributed by atoms with van der Waals surface area (Å²) in [4.78, 5) is 21.6. The molecule has 206 valence electrons. The van der Waals surface area contributed by atoms with E-state index in [1.165, 1.54) is 18.2 Å². The first-order valence-corrected chi connectivity index (χ1v) is 13.5. The lowest BCUT2D eigenvalue weighted by molar-refractivity contribution is 0.102. The van der Waals surface area contributed by atoms with Crippen LogP contribution in [0.15, 0.2) is 61.6 Å². The summed E-state index contributed by atoms with van der Waals surface area (Å²) in [5.74, 6) is -1.69. The van der Waals surface area contributed by atoms with Crippen molar-refractivity contribution in [3.05, 3.63) is 90.2 Å². The Labute approximate surface area is 233 Å². The van der Waals surface area contributed by atoms with Gasteiger partial charge in [0.1, 0.15) is 28.7 Å². The molecule has 0 spiro atoms. The minimum absolute atomic E-state index is 0.00999. The maximum Gasteiger partial charge on any atom is 0.274 e. The van der Waals surface area contributed by atoms with E-state index in [-0.39, 0.29) is 40.9 Å². The van der Waals surface area contributed by atoms with E-state index in [1.54, 1.807) is 18.5 Å². The number of nitrogens with zero attached hydrogens (tertiary/aromatic N) is 5. The second kappa shape index (κ2) is 11.3. The van der Waals surface area contributed by atoms with E-state index in [2.05, 4.69) is 48.3 Å². The topological polar surface area (TPSA) is 112 Å². The molecule has 1 aliphatic carbocycles. The van der Waals surface area contributed by atoms with E-state index in [0.717, 1.165) is 29.3 Å². The smallest absolute Gasteiger partial charge is 0.274 e. The first-order chi connectivity index (χ1) is 19.1. The fourth-order valence-electron chi connectivity index (χ4n) is 5.49. The number of hydrogen-bond donors (Lipinski definition) is 2. The number of hydrogen-bond acceptors (Lipinski definition) is 6. The Balaban J connectivity index is 1.38. The number of rotatable bonds is 6. The summed E-state index contributed by atoms with van der Waals surface area (Å²) in [6.07, 6.45) is 6.60. The highest BCUT2D eigenvalue weighted by Crippen LogP contribution is 2.43. The van der Waals surface area contributed by atoms with Crippen LogP contribution in [0.3, 0.4) is 0 Å². The van der Waals surface area contributed by atoms with Crippen LogP contribution in [-0.4, -0.2) is 36.9 Å². The average Bonchev–Trinajstić information content (AvgIpc) is 3.39. The molecule has 3 heterocycles. The molecule has 0 saturated heterocycles. The summed E-state index contributed by atoms with van der Waals surface area (Å²) in [7, 11) is 2.37. The first-order valence-electron chi connectivity index (χ1n) is 12.9. The minimum atomic E-state index is -0.727. The summed E-state index contributed by atoms with van der Waals surface area (Å²) in [5.41, 5.74) is 9.38. The van der Waals surface area contributed by atoms with Gasteiger partial charge in [-0.1, -0.05) is 30.8 Å². The van der Waals surface area contributed by atoms with E-state index in [1.807, 2.05) is 23.9 Å². The Morgan fingerprint density at radius 1 is 1.15 bits per heavy atom. The third-order valence-electron chi connectivity index (χ3n) is 7.39. The van der Waals surface area contributed by atoms with Crippen molar-refractivity contribution in [2.45, 2.75) is 44.7 Å². The average molecular weight is 562 g/mol. The molecule has 1 unspecified atom stereocenters. The normalized spacial score (nSPS) is 20.8. The molecular formula is C29H30F2N7OP. The second-order valence-corrected chi connectivity index (χ2v) is 10.9. The molecule has 1 aliphatic rings. The Morgan fingerprint density at radius 2 is 1.95 bits per heavy atom. The van der Waals surface area contributed by atoms with E-state index < -0.39 is 17.5 Å². The standard InChI is InChI=1S/C29H30F2N7OP/c1-15(2)24-14-38(37-36-24)28-16(3)11-17(12-21(28)32)18-9-10-33-13-23(18)35-29(39)22-8-7-20(31)27(34-22)26-19(30)5-4-6-25(26)40/h4-10,13-14,16-17,21,28H,1,11-12,32,40H2,2-3H3,(H,35,39)/t16-,17+,21+,28-/m0/s1. The molecule has 0 radical (unpaired) electrons. The van der Waals surface area contributed by atoms with Crippen molar-refractivity contribution in [3.8, 4) is 11.3 Å². The Morgan fingerprint density at radius 3 is 2.65 bits per heavy atom. The van der Waals surface area contributed by atoms with Gasteiger partial charge in [-0.05, 0) is 72.3 Å². The monoisotopic (exact) mass is 561 g/mol. The number of aromatic nitrogens is 5. The predicted octanol–water partition coefficient (Wildman–Crippen LogP) is 4.88. The van der Waals surface area contributed by atoms with Crippen molar-refractivity contribution in [2.75, 3.05) is 5.32 Å². The molecule has 1 fully saturated rings. The Bertz CT molecular complexity index is 1560. The maximum absolute atomic E-state index is 14.7. The van der Waals surface area contributed by atoms with Gasteiger partial charge in [-0.2, -0.15) is 0 Å². The molecule has 3 aromatic heterocycles. The third kappa shape index (κ3) is 5.42.